The average Bonchev–Trinajstić information content (AvgIpc) is 3.91. The lowest BCUT2D eigenvalue weighted by atomic mass is 9.82. The zero-order chi connectivity index (χ0) is 40.0. The number of aromatic nitrogens is 2. The summed E-state index contributed by atoms with van der Waals surface area (Å²) in [5.41, 5.74) is 18.3. The van der Waals surface area contributed by atoms with E-state index in [4.69, 9.17) is 4.98 Å². The summed E-state index contributed by atoms with van der Waals surface area (Å²) in [6.45, 7) is 0. The molecule has 2 heteroatoms. The molecule has 13 rings (SSSR count). The number of rotatable bonds is 5. The van der Waals surface area contributed by atoms with E-state index < -0.39 is 0 Å². The second kappa shape index (κ2) is 13.2. The first kappa shape index (κ1) is 33.9. The van der Waals surface area contributed by atoms with Crippen LogP contribution < -0.4 is 0 Å². The van der Waals surface area contributed by atoms with Crippen LogP contribution >= 0.6 is 0 Å². The average molecular weight is 773 g/mol. The third-order valence-corrected chi connectivity index (χ3v) is 12.9. The maximum Gasteiger partial charge on any atom is 0.137 e. The van der Waals surface area contributed by atoms with E-state index in [1.165, 1.54) is 110 Å². The first-order valence-corrected chi connectivity index (χ1v) is 21.0. The molecular weight excluding hydrogens is 737 g/mol. The minimum Gasteiger partial charge on any atom is -0.306 e. The predicted molar refractivity (Wildman–Crippen MR) is 257 cm³/mol. The van der Waals surface area contributed by atoms with Crippen molar-refractivity contribution >= 4 is 48.7 Å². The fraction of sp³-hybridized carbons (Fsp3) is 0. The number of fused-ring (bicyclic) bond motifs is 7. The summed E-state index contributed by atoms with van der Waals surface area (Å²) >= 11 is 0. The van der Waals surface area contributed by atoms with Crippen molar-refractivity contribution < 1.29 is 0 Å². The lowest BCUT2D eigenvalue weighted by Crippen LogP contribution is -1.93. The van der Waals surface area contributed by atoms with Crippen LogP contribution in [0.5, 0.6) is 0 Å². The van der Waals surface area contributed by atoms with Crippen molar-refractivity contribution in [3.63, 3.8) is 0 Å². The molecule has 1 aliphatic carbocycles. The normalized spacial score (nSPS) is 11.9. The number of benzene rings is 10. The van der Waals surface area contributed by atoms with Crippen LogP contribution in [0.1, 0.15) is 0 Å². The van der Waals surface area contributed by atoms with Crippen LogP contribution in [0.3, 0.4) is 0 Å². The van der Waals surface area contributed by atoms with E-state index in [1.807, 2.05) is 24.4 Å². The molecule has 61 heavy (non-hydrogen) atoms. The standard InChI is InChI=1S/C59H36N2/c1-3-12-37(13-4-1)55-49-16-7-8-17-50(49)56(38-14-5-2-6-15-38)59-52-30-29-47(48-18-11-19-51(57(48)52)58(55)59)45-27-25-41-32-39(21-23-43(41)34-45)40-22-24-44-35-46(28-26-42(44)33-40)53-36-61-31-10-9-20-54(61)60-53/h1-36H. The minimum atomic E-state index is 0.955. The van der Waals surface area contributed by atoms with Gasteiger partial charge in [0.2, 0.25) is 0 Å². The molecule has 12 aromatic rings. The van der Waals surface area contributed by atoms with Crippen LogP contribution in [0.2, 0.25) is 0 Å². The topological polar surface area (TPSA) is 17.3 Å². The summed E-state index contributed by atoms with van der Waals surface area (Å²) in [5, 5.41) is 10.1. The van der Waals surface area contributed by atoms with Gasteiger partial charge in [0.1, 0.15) is 5.65 Å². The summed E-state index contributed by atoms with van der Waals surface area (Å²) in [6, 6.07) is 75.9. The zero-order valence-electron chi connectivity index (χ0n) is 33.2. The van der Waals surface area contributed by atoms with Crippen LogP contribution in [0.25, 0.3) is 127 Å². The van der Waals surface area contributed by atoms with E-state index in [1.54, 1.807) is 0 Å². The molecule has 0 aliphatic heterocycles. The highest BCUT2D eigenvalue weighted by Crippen LogP contribution is 2.58. The first-order chi connectivity index (χ1) is 30.2. The number of hydrogen-bond acceptors (Lipinski definition) is 1. The first-order valence-electron chi connectivity index (χ1n) is 21.0. The minimum absolute atomic E-state index is 0.955. The van der Waals surface area contributed by atoms with Gasteiger partial charge < -0.3 is 4.40 Å². The highest BCUT2D eigenvalue weighted by atomic mass is 15.0. The van der Waals surface area contributed by atoms with Gasteiger partial charge in [0.15, 0.2) is 0 Å². The van der Waals surface area contributed by atoms with Crippen LogP contribution in [0.4, 0.5) is 0 Å². The van der Waals surface area contributed by atoms with Gasteiger partial charge in [0.25, 0.3) is 0 Å². The van der Waals surface area contributed by atoms with E-state index in [0.717, 1.165) is 16.9 Å². The fourth-order valence-electron chi connectivity index (χ4n) is 10.1. The molecule has 2 heterocycles. The molecule has 10 aromatic carbocycles. The summed E-state index contributed by atoms with van der Waals surface area (Å²) in [4.78, 5) is 4.84. The third kappa shape index (κ3) is 5.26. The Morgan fingerprint density at radius 2 is 0.803 bits per heavy atom. The smallest absolute Gasteiger partial charge is 0.137 e. The van der Waals surface area contributed by atoms with E-state index in [9.17, 15) is 0 Å². The van der Waals surface area contributed by atoms with Gasteiger partial charge >= 0.3 is 0 Å². The van der Waals surface area contributed by atoms with E-state index >= 15 is 0 Å². The summed E-state index contributed by atoms with van der Waals surface area (Å²) < 4.78 is 2.07. The third-order valence-electron chi connectivity index (χ3n) is 12.9. The molecule has 0 bridgehead atoms. The van der Waals surface area contributed by atoms with Crippen LogP contribution in [0.15, 0.2) is 219 Å². The molecule has 1 aliphatic rings. The summed E-state index contributed by atoms with van der Waals surface area (Å²) in [5.74, 6) is 0. The predicted octanol–water partition coefficient (Wildman–Crippen LogP) is 15.9. The molecule has 0 N–H and O–H groups in total. The Labute approximate surface area is 353 Å². The van der Waals surface area contributed by atoms with Crippen molar-refractivity contribution in [2.45, 2.75) is 0 Å². The summed E-state index contributed by atoms with van der Waals surface area (Å²) in [7, 11) is 0. The Balaban J connectivity index is 0.913. The van der Waals surface area contributed by atoms with Crippen molar-refractivity contribution in [2.75, 3.05) is 0 Å². The molecule has 0 atom stereocenters. The van der Waals surface area contributed by atoms with Gasteiger partial charge in [-0.3, -0.25) is 0 Å². The number of imidazole rings is 1. The Bertz CT molecular complexity index is 3620. The van der Waals surface area contributed by atoms with Gasteiger partial charge in [-0.05, 0) is 146 Å². The lowest BCUT2D eigenvalue weighted by molar-refractivity contribution is 1.19. The molecule has 0 saturated carbocycles. The highest BCUT2D eigenvalue weighted by Gasteiger charge is 2.31. The lowest BCUT2D eigenvalue weighted by Gasteiger charge is -2.20. The number of pyridine rings is 1. The van der Waals surface area contributed by atoms with Gasteiger partial charge in [-0.1, -0.05) is 170 Å². The van der Waals surface area contributed by atoms with Gasteiger partial charge in [-0.2, -0.15) is 0 Å². The van der Waals surface area contributed by atoms with Crippen LogP contribution in [-0.2, 0) is 0 Å². The Morgan fingerprint density at radius 1 is 0.311 bits per heavy atom. The maximum absolute atomic E-state index is 4.84. The summed E-state index contributed by atoms with van der Waals surface area (Å²) in [6.07, 6.45) is 4.14. The second-order valence-electron chi connectivity index (χ2n) is 16.3. The van der Waals surface area contributed by atoms with Gasteiger partial charge in [0, 0.05) is 18.0 Å². The molecule has 2 nitrogen and oxygen atoms in total. The van der Waals surface area contributed by atoms with E-state index in [0.29, 0.717) is 0 Å². The maximum atomic E-state index is 4.84. The molecule has 0 amide bonds. The monoisotopic (exact) mass is 772 g/mol. The quantitative estimate of drug-likeness (QED) is 0.170. The Kier molecular flexibility index (Phi) is 7.34. The molecule has 0 fully saturated rings. The molecule has 0 unspecified atom stereocenters. The Hall–Kier alpha value is -8.07. The van der Waals surface area contributed by atoms with E-state index in [-0.39, 0.29) is 0 Å². The van der Waals surface area contributed by atoms with Crippen molar-refractivity contribution in [3.8, 4) is 78.0 Å². The van der Waals surface area contributed by atoms with E-state index in [2.05, 4.69) is 199 Å². The van der Waals surface area contributed by atoms with Crippen molar-refractivity contribution in [3.05, 3.63) is 219 Å². The largest absolute Gasteiger partial charge is 0.306 e. The van der Waals surface area contributed by atoms with Crippen molar-refractivity contribution in [1.82, 2.24) is 9.38 Å². The van der Waals surface area contributed by atoms with Crippen LogP contribution in [0, 0.1) is 0 Å². The van der Waals surface area contributed by atoms with Crippen molar-refractivity contribution in [2.24, 2.45) is 0 Å². The van der Waals surface area contributed by atoms with Gasteiger partial charge in [0.05, 0.1) is 5.69 Å². The molecule has 2 aromatic heterocycles. The second-order valence-corrected chi connectivity index (χ2v) is 16.3. The number of hydrogen-bond donors (Lipinski definition) is 0. The SMILES string of the molecule is c1ccc(-c2c3c(c(-c4ccccc4)c4ccccc24)-c2ccc(-c4ccc5cc(-c6ccc7cc(-c8cn9ccccc9n8)ccc7c6)ccc5c4)c4cccc-3c24)cc1. The zero-order valence-corrected chi connectivity index (χ0v) is 33.2. The molecule has 282 valence electrons. The van der Waals surface area contributed by atoms with Gasteiger partial charge in [-0.15, -0.1) is 0 Å². The highest BCUT2D eigenvalue weighted by molar-refractivity contribution is 6.28. The Morgan fingerprint density at radius 3 is 1.43 bits per heavy atom. The molecular formula is C59H36N2. The van der Waals surface area contributed by atoms with Crippen LogP contribution in [-0.4, -0.2) is 9.38 Å². The molecule has 0 spiro atoms. The van der Waals surface area contributed by atoms with Gasteiger partial charge in [-0.25, -0.2) is 4.98 Å². The number of nitrogens with zero attached hydrogens (tertiary/aromatic N) is 2. The molecule has 0 radical (unpaired) electrons. The van der Waals surface area contributed by atoms with Crippen molar-refractivity contribution in [1.29, 1.82) is 0 Å². The fourth-order valence-corrected chi connectivity index (χ4v) is 10.1. The molecule has 0 saturated heterocycles.